The molecule has 24 heavy (non-hydrogen) atoms. The lowest BCUT2D eigenvalue weighted by atomic mass is 9.83. The molecule has 2 saturated heterocycles. The van der Waals surface area contributed by atoms with Gasteiger partial charge in [-0.15, -0.1) is 0 Å². The summed E-state index contributed by atoms with van der Waals surface area (Å²) >= 11 is 0. The molecule has 2 aliphatic heterocycles. The zero-order chi connectivity index (χ0) is 16.8. The van der Waals surface area contributed by atoms with Gasteiger partial charge in [0, 0.05) is 39.3 Å². The molecule has 132 valence electrons. The van der Waals surface area contributed by atoms with Crippen molar-refractivity contribution in [2.24, 2.45) is 0 Å². The largest absolute Gasteiger partial charge is 0.378 e. The van der Waals surface area contributed by atoms with Crippen molar-refractivity contribution in [1.82, 2.24) is 10.2 Å². The number of carbonyl (C=O) groups excluding carboxylic acids is 1. The number of hydrogen-bond acceptors (Lipinski definition) is 3. The Morgan fingerprint density at radius 1 is 1.33 bits per heavy atom. The highest BCUT2D eigenvalue weighted by Gasteiger charge is 2.41. The summed E-state index contributed by atoms with van der Waals surface area (Å²) < 4.78 is 11.9. The molecular weight excluding hydrogens is 304 g/mol. The van der Waals surface area contributed by atoms with Crippen LogP contribution in [0.1, 0.15) is 38.2 Å². The number of rotatable bonds is 4. The lowest BCUT2D eigenvalue weighted by Gasteiger charge is -2.45. The smallest absolute Gasteiger partial charge is 0.317 e. The second-order valence-electron chi connectivity index (χ2n) is 6.73. The maximum atomic E-state index is 12.4. The molecule has 2 fully saturated rings. The number of urea groups is 1. The van der Waals surface area contributed by atoms with Crippen molar-refractivity contribution in [1.29, 1.82) is 0 Å². The van der Waals surface area contributed by atoms with Crippen LogP contribution in [0.2, 0.25) is 0 Å². The van der Waals surface area contributed by atoms with Crippen molar-refractivity contribution >= 4 is 6.03 Å². The van der Waals surface area contributed by atoms with Crippen LogP contribution in [0.15, 0.2) is 30.3 Å². The Morgan fingerprint density at radius 3 is 2.79 bits per heavy atom. The molecule has 2 aliphatic rings. The Labute approximate surface area is 144 Å². The van der Waals surface area contributed by atoms with E-state index in [9.17, 15) is 4.79 Å². The Hall–Kier alpha value is -1.59. The number of benzene rings is 1. The summed E-state index contributed by atoms with van der Waals surface area (Å²) in [6.45, 7) is 5.64. The van der Waals surface area contributed by atoms with E-state index < -0.39 is 0 Å². The van der Waals surface area contributed by atoms with Gasteiger partial charge in [-0.25, -0.2) is 4.79 Å². The Bertz CT molecular complexity index is 525. The average molecular weight is 332 g/mol. The van der Waals surface area contributed by atoms with Crippen molar-refractivity contribution < 1.29 is 14.3 Å². The van der Waals surface area contributed by atoms with Gasteiger partial charge < -0.3 is 19.7 Å². The van der Waals surface area contributed by atoms with Crippen LogP contribution in [0, 0.1) is 0 Å². The highest BCUT2D eigenvalue weighted by Crippen LogP contribution is 2.36. The quantitative estimate of drug-likeness (QED) is 0.922. The van der Waals surface area contributed by atoms with E-state index in [-0.39, 0.29) is 11.6 Å². The van der Waals surface area contributed by atoms with Gasteiger partial charge in [0.25, 0.3) is 0 Å². The summed E-state index contributed by atoms with van der Waals surface area (Å²) in [5.41, 5.74) is 1.03. The Kier molecular flexibility index (Phi) is 5.74. The predicted molar refractivity (Wildman–Crippen MR) is 92.8 cm³/mol. The number of hydrogen-bond donors (Lipinski definition) is 1. The van der Waals surface area contributed by atoms with Gasteiger partial charge in [0.05, 0.1) is 11.7 Å². The fourth-order valence-electron chi connectivity index (χ4n) is 3.71. The maximum Gasteiger partial charge on any atom is 0.317 e. The zero-order valence-corrected chi connectivity index (χ0v) is 14.5. The molecule has 0 bridgehead atoms. The van der Waals surface area contributed by atoms with Crippen molar-refractivity contribution in [3.63, 3.8) is 0 Å². The molecule has 0 aliphatic carbocycles. The van der Waals surface area contributed by atoms with E-state index in [1.54, 1.807) is 0 Å². The minimum absolute atomic E-state index is 0.0193. The maximum absolute atomic E-state index is 12.4. The Balaban J connectivity index is 1.46. The summed E-state index contributed by atoms with van der Waals surface area (Å²) in [7, 11) is 0. The number of nitrogens with one attached hydrogen (secondary N) is 1. The van der Waals surface area contributed by atoms with Gasteiger partial charge in [-0.2, -0.15) is 0 Å². The highest BCUT2D eigenvalue weighted by molar-refractivity contribution is 5.74. The topological polar surface area (TPSA) is 50.8 Å². The van der Waals surface area contributed by atoms with Gasteiger partial charge >= 0.3 is 6.03 Å². The first-order valence-corrected chi connectivity index (χ1v) is 9.03. The summed E-state index contributed by atoms with van der Waals surface area (Å²) in [5.74, 6) is 0. The molecular formula is C19H28N2O3. The average Bonchev–Trinajstić information content (AvgIpc) is 2.62. The van der Waals surface area contributed by atoms with E-state index in [4.69, 9.17) is 9.47 Å². The molecule has 5 heteroatoms. The molecule has 0 saturated carbocycles. The van der Waals surface area contributed by atoms with Gasteiger partial charge in [-0.05, 0) is 31.7 Å². The summed E-state index contributed by atoms with van der Waals surface area (Å²) in [6, 6.07) is 10.0. The van der Waals surface area contributed by atoms with E-state index in [1.165, 1.54) is 0 Å². The third-order valence-corrected chi connectivity index (χ3v) is 5.10. The molecule has 0 aromatic heterocycles. The van der Waals surface area contributed by atoms with Gasteiger partial charge in [-0.1, -0.05) is 30.3 Å². The predicted octanol–water partition coefficient (Wildman–Crippen LogP) is 2.95. The first kappa shape index (κ1) is 17.2. The lowest BCUT2D eigenvalue weighted by Crippen LogP contribution is -2.53. The van der Waals surface area contributed by atoms with Crippen LogP contribution in [0.4, 0.5) is 4.79 Å². The van der Waals surface area contributed by atoms with Crippen LogP contribution >= 0.6 is 0 Å². The third kappa shape index (κ3) is 4.28. The molecule has 1 aromatic carbocycles. The molecule has 5 nitrogen and oxygen atoms in total. The molecule has 2 heterocycles. The monoisotopic (exact) mass is 332 g/mol. The second kappa shape index (κ2) is 7.99. The standard InChI is InChI=1S/C19H28N2O3/c1-2-23-17-8-13-24-19(14-17)9-11-21(12-10-19)18(22)20-15-16-6-4-3-5-7-16/h3-7,17H,2,8-15H2,1H3,(H,20,22). The van der Waals surface area contributed by atoms with E-state index in [0.29, 0.717) is 12.6 Å². The molecule has 2 amide bonds. The van der Waals surface area contributed by atoms with Crippen molar-refractivity contribution in [2.45, 2.75) is 50.9 Å². The summed E-state index contributed by atoms with van der Waals surface area (Å²) in [4.78, 5) is 14.3. The summed E-state index contributed by atoms with van der Waals surface area (Å²) in [6.07, 6.45) is 4.05. The molecule has 1 atom stereocenters. The number of nitrogens with zero attached hydrogens (tertiary/aromatic N) is 1. The minimum Gasteiger partial charge on any atom is -0.378 e. The van der Waals surface area contributed by atoms with Crippen LogP contribution in [0.3, 0.4) is 0 Å². The number of amides is 2. The van der Waals surface area contributed by atoms with Crippen molar-refractivity contribution in [3.8, 4) is 0 Å². The van der Waals surface area contributed by atoms with Gasteiger partial charge in [0.15, 0.2) is 0 Å². The molecule has 0 radical (unpaired) electrons. The number of piperidine rings is 1. The number of likely N-dealkylation sites (tertiary alicyclic amines) is 1. The molecule has 3 rings (SSSR count). The first-order chi connectivity index (χ1) is 11.7. The van der Waals surface area contributed by atoms with Crippen LogP contribution in [0.25, 0.3) is 0 Å². The lowest BCUT2D eigenvalue weighted by molar-refractivity contribution is -0.150. The molecule has 1 N–H and O–H groups in total. The van der Waals surface area contributed by atoms with Crippen LogP contribution in [0.5, 0.6) is 0 Å². The fourth-order valence-corrected chi connectivity index (χ4v) is 3.71. The minimum atomic E-state index is -0.0890. The zero-order valence-electron chi connectivity index (χ0n) is 14.5. The molecule has 1 aromatic rings. The molecule has 1 spiro atoms. The summed E-state index contributed by atoms with van der Waals surface area (Å²) in [5, 5.41) is 3.01. The van der Waals surface area contributed by atoms with E-state index in [2.05, 4.69) is 5.32 Å². The van der Waals surface area contributed by atoms with E-state index >= 15 is 0 Å². The SMILES string of the molecule is CCOC1CCOC2(CCN(C(=O)NCc3ccccc3)CC2)C1. The Morgan fingerprint density at radius 2 is 2.08 bits per heavy atom. The van der Waals surface area contributed by atoms with Crippen molar-refractivity contribution in [2.75, 3.05) is 26.3 Å². The normalized spacial score (nSPS) is 23.2. The number of ether oxygens (including phenoxy) is 2. The van der Waals surface area contributed by atoms with E-state index in [1.807, 2.05) is 42.2 Å². The fraction of sp³-hybridized carbons (Fsp3) is 0.632. The molecule has 1 unspecified atom stereocenters. The third-order valence-electron chi connectivity index (χ3n) is 5.10. The number of carbonyl (C=O) groups is 1. The van der Waals surface area contributed by atoms with Crippen LogP contribution in [-0.4, -0.2) is 48.9 Å². The van der Waals surface area contributed by atoms with E-state index in [0.717, 1.165) is 57.6 Å². The van der Waals surface area contributed by atoms with Gasteiger partial charge in [0.2, 0.25) is 0 Å². The highest BCUT2D eigenvalue weighted by atomic mass is 16.5. The van der Waals surface area contributed by atoms with Crippen LogP contribution in [-0.2, 0) is 16.0 Å². The van der Waals surface area contributed by atoms with Crippen LogP contribution < -0.4 is 5.32 Å². The van der Waals surface area contributed by atoms with Gasteiger partial charge in [-0.3, -0.25) is 0 Å². The second-order valence-corrected chi connectivity index (χ2v) is 6.73. The first-order valence-electron chi connectivity index (χ1n) is 9.03. The van der Waals surface area contributed by atoms with Gasteiger partial charge in [0.1, 0.15) is 0 Å². The van der Waals surface area contributed by atoms with Crippen molar-refractivity contribution in [3.05, 3.63) is 35.9 Å².